The van der Waals surface area contributed by atoms with Gasteiger partial charge in [-0.1, -0.05) is 0 Å². The number of nitrogens with zero attached hydrogens (tertiary/aromatic N) is 2. The van der Waals surface area contributed by atoms with E-state index in [1.807, 2.05) is 0 Å². The van der Waals surface area contributed by atoms with Gasteiger partial charge >= 0.3 is 147 Å². The Labute approximate surface area is 147 Å². The molecule has 2 aliphatic carbocycles. The van der Waals surface area contributed by atoms with Crippen molar-refractivity contribution in [3.63, 3.8) is 0 Å². The fourth-order valence-corrected chi connectivity index (χ4v) is 11.8. The Kier molecular flexibility index (Phi) is 6.76. The van der Waals surface area contributed by atoms with E-state index in [-0.39, 0.29) is 0 Å². The van der Waals surface area contributed by atoms with E-state index in [0.717, 1.165) is 0 Å². The van der Waals surface area contributed by atoms with Crippen molar-refractivity contribution in [2.45, 2.75) is 35.6 Å². The number of hydrogen-bond acceptors (Lipinski definition) is 2. The topological polar surface area (TPSA) is 6.48 Å². The van der Waals surface area contributed by atoms with E-state index in [2.05, 4.69) is 88.3 Å². The molecule has 0 aromatic carbocycles. The second-order valence-corrected chi connectivity index (χ2v) is 13.6. The van der Waals surface area contributed by atoms with Crippen molar-refractivity contribution in [2.75, 3.05) is 28.2 Å². The van der Waals surface area contributed by atoms with E-state index >= 15 is 0 Å². The first-order valence-corrected chi connectivity index (χ1v) is 14.1. The molecule has 0 aromatic rings. The Bertz CT molecular complexity index is 457. The molecule has 2 rings (SSSR count). The molecule has 4 atom stereocenters. The van der Waals surface area contributed by atoms with Gasteiger partial charge in [0, 0.05) is 0 Å². The van der Waals surface area contributed by atoms with Gasteiger partial charge in [0.05, 0.1) is 0 Å². The van der Waals surface area contributed by atoms with Crippen LogP contribution in [-0.4, -0.2) is 76.3 Å². The van der Waals surface area contributed by atoms with Crippen LogP contribution >= 0.6 is 0 Å². The second-order valence-electron chi connectivity index (χ2n) is 6.42. The first-order chi connectivity index (χ1) is 10.4. The van der Waals surface area contributed by atoms with Crippen LogP contribution in [0, 0.1) is 0 Å². The Balaban J connectivity index is 1.93. The summed E-state index contributed by atoms with van der Waals surface area (Å²) >= 11 is 1.36. The van der Waals surface area contributed by atoms with Gasteiger partial charge in [-0.25, -0.2) is 0 Å². The third-order valence-electron chi connectivity index (χ3n) is 4.58. The van der Waals surface area contributed by atoms with Gasteiger partial charge in [0.25, 0.3) is 0 Å². The summed E-state index contributed by atoms with van der Waals surface area (Å²) in [5.41, 5.74) is 3.22. The molecule has 0 fully saturated rings. The normalized spacial score (nSPS) is 26.7. The van der Waals surface area contributed by atoms with Crippen molar-refractivity contribution in [3.05, 3.63) is 47.6 Å². The summed E-state index contributed by atoms with van der Waals surface area (Å²) in [6, 6.07) is 1.10. The van der Waals surface area contributed by atoms with Gasteiger partial charge in [-0.05, 0) is 0 Å². The van der Waals surface area contributed by atoms with Crippen LogP contribution in [0.4, 0.5) is 0 Å². The number of hydrogen-bond donors (Lipinski definition) is 0. The molecule has 4 heteroatoms. The second kappa shape index (κ2) is 8.15. The molecule has 0 spiro atoms. The minimum atomic E-state index is 0.549. The maximum absolute atomic E-state index is 2.43. The van der Waals surface area contributed by atoms with Gasteiger partial charge in [-0.2, -0.15) is 0 Å². The first kappa shape index (κ1) is 18.3. The molecule has 0 aliphatic heterocycles. The Morgan fingerprint density at radius 1 is 0.773 bits per heavy atom. The van der Waals surface area contributed by atoms with Crippen molar-refractivity contribution < 1.29 is 0 Å². The average molecular weight is 430 g/mol. The zero-order valence-corrected chi connectivity index (χ0v) is 17.9. The molecule has 0 amide bonds. The fourth-order valence-electron chi connectivity index (χ4n) is 2.59. The summed E-state index contributed by atoms with van der Waals surface area (Å²) in [4.78, 5) is 6.05. The third-order valence-corrected chi connectivity index (χ3v) is 13.2. The number of rotatable bonds is 7. The van der Waals surface area contributed by atoms with Crippen LogP contribution in [0.15, 0.2) is 47.6 Å². The maximum atomic E-state index is 2.43. The molecular formula is C18H28N2Se2. The predicted molar refractivity (Wildman–Crippen MR) is 99.8 cm³/mol. The van der Waals surface area contributed by atoms with E-state index in [1.54, 1.807) is 11.1 Å². The number of likely N-dealkylation sites (N-methyl/N-ethyl adjacent to an activating group) is 2. The Hall–Kier alpha value is -0.0810. The first-order valence-electron chi connectivity index (χ1n) is 7.83. The quantitative estimate of drug-likeness (QED) is 0.574. The van der Waals surface area contributed by atoms with Crippen molar-refractivity contribution in [1.29, 1.82) is 0 Å². The van der Waals surface area contributed by atoms with Crippen LogP contribution < -0.4 is 0 Å². The summed E-state index contributed by atoms with van der Waals surface area (Å²) in [6.07, 6.45) is 14.1. The van der Waals surface area contributed by atoms with Crippen LogP contribution in [0.25, 0.3) is 0 Å². The SMILES string of the molecule is C[C@@H](C1=CC=CC1[Se][Se]C1C=CC=C1[C@H](C)N(C)C)N(C)C. The molecule has 0 saturated carbocycles. The van der Waals surface area contributed by atoms with Crippen molar-refractivity contribution in [2.24, 2.45) is 0 Å². The molecular weight excluding hydrogens is 402 g/mol. The molecule has 2 nitrogen and oxygen atoms in total. The van der Waals surface area contributed by atoms with Crippen molar-refractivity contribution in [1.82, 2.24) is 9.80 Å². The Morgan fingerprint density at radius 2 is 1.14 bits per heavy atom. The van der Waals surface area contributed by atoms with E-state index in [0.29, 0.717) is 48.0 Å². The van der Waals surface area contributed by atoms with Gasteiger partial charge in [-0.15, -0.1) is 0 Å². The molecule has 0 bridgehead atoms. The molecule has 0 heterocycles. The standard InChI is InChI=1S/C18H28N2Se2/c1-13(19(3)4)15-9-7-11-17(15)21-22-18-12-8-10-16(18)14(2)20(5)6/h7-14,17-18H,1-6H3/t13-,14-,17?,18?/m0/s1. The predicted octanol–water partition coefficient (Wildman–Crippen LogP) is 2.78. The molecule has 2 unspecified atom stereocenters. The summed E-state index contributed by atoms with van der Waals surface area (Å²) in [5.74, 6) is 0. The molecule has 122 valence electrons. The van der Waals surface area contributed by atoms with Gasteiger partial charge < -0.3 is 0 Å². The van der Waals surface area contributed by atoms with E-state index in [4.69, 9.17) is 0 Å². The summed E-state index contributed by atoms with van der Waals surface area (Å²) < 4.78 is 0. The average Bonchev–Trinajstić information content (AvgIpc) is 3.11. The fraction of sp³-hybridized carbons (Fsp3) is 0.556. The van der Waals surface area contributed by atoms with Gasteiger partial charge in [0.2, 0.25) is 0 Å². The van der Waals surface area contributed by atoms with Crippen LogP contribution in [0.1, 0.15) is 13.8 Å². The zero-order chi connectivity index (χ0) is 16.3. The van der Waals surface area contributed by atoms with E-state index in [1.165, 1.54) is 0 Å². The molecule has 0 radical (unpaired) electrons. The van der Waals surface area contributed by atoms with Crippen molar-refractivity contribution >= 4 is 26.3 Å². The summed E-state index contributed by atoms with van der Waals surface area (Å²) in [5, 5.41) is 0. The van der Waals surface area contributed by atoms with Gasteiger partial charge in [-0.3, -0.25) is 0 Å². The monoisotopic (exact) mass is 432 g/mol. The van der Waals surface area contributed by atoms with Crippen LogP contribution in [0.2, 0.25) is 9.63 Å². The summed E-state index contributed by atoms with van der Waals surface area (Å²) in [6.45, 7) is 4.65. The van der Waals surface area contributed by atoms with Gasteiger partial charge in [0.15, 0.2) is 0 Å². The van der Waals surface area contributed by atoms with Crippen LogP contribution in [-0.2, 0) is 0 Å². The number of allylic oxidation sites excluding steroid dienone is 6. The third kappa shape index (κ3) is 4.26. The van der Waals surface area contributed by atoms with Crippen LogP contribution in [0.5, 0.6) is 0 Å². The summed E-state index contributed by atoms with van der Waals surface area (Å²) in [7, 11) is 8.72. The molecule has 2 aliphatic rings. The zero-order valence-electron chi connectivity index (χ0n) is 14.5. The van der Waals surface area contributed by atoms with Crippen LogP contribution in [0.3, 0.4) is 0 Å². The van der Waals surface area contributed by atoms with Crippen molar-refractivity contribution in [3.8, 4) is 0 Å². The van der Waals surface area contributed by atoms with Gasteiger partial charge in [0.1, 0.15) is 0 Å². The van der Waals surface area contributed by atoms with E-state index in [9.17, 15) is 0 Å². The molecule has 22 heavy (non-hydrogen) atoms. The minimum absolute atomic E-state index is 0.549. The molecule has 0 saturated heterocycles. The molecule has 0 aromatic heterocycles. The van der Waals surface area contributed by atoms with E-state index < -0.39 is 0 Å². The molecule has 0 N–H and O–H groups in total. The Morgan fingerprint density at radius 3 is 1.45 bits per heavy atom.